The number of nitro benzene ring substituents is 1. The third-order valence-electron chi connectivity index (χ3n) is 2.97. The highest BCUT2D eigenvalue weighted by atomic mass is 16.6. The number of aliphatic hydroxyl groups is 1. The van der Waals surface area contributed by atoms with Crippen molar-refractivity contribution in [2.24, 2.45) is 5.92 Å². The Labute approximate surface area is 107 Å². The van der Waals surface area contributed by atoms with E-state index < -0.39 is 4.92 Å². The molecule has 0 aliphatic heterocycles. The molecule has 2 N–H and O–H groups in total. The fraction of sp³-hybridized carbons (Fsp3) is 0.538. The zero-order valence-corrected chi connectivity index (χ0v) is 10.8. The molecule has 0 saturated heterocycles. The Morgan fingerprint density at radius 1 is 1.33 bits per heavy atom. The smallest absolute Gasteiger partial charge is 0.269 e. The highest BCUT2D eigenvalue weighted by Crippen LogP contribution is 2.12. The average Bonchev–Trinajstić information content (AvgIpc) is 2.34. The maximum atomic E-state index is 10.5. The summed E-state index contributed by atoms with van der Waals surface area (Å²) in [6.45, 7) is 4.98. The highest BCUT2D eigenvalue weighted by Gasteiger charge is 2.10. The quantitative estimate of drug-likeness (QED) is 0.572. The molecule has 1 unspecified atom stereocenters. The van der Waals surface area contributed by atoms with Crippen LogP contribution in [0.3, 0.4) is 0 Å². The van der Waals surface area contributed by atoms with E-state index in [0.717, 1.165) is 18.5 Å². The minimum Gasteiger partial charge on any atom is -0.395 e. The van der Waals surface area contributed by atoms with E-state index in [1.807, 2.05) is 0 Å². The molecule has 0 heterocycles. The van der Waals surface area contributed by atoms with Gasteiger partial charge >= 0.3 is 0 Å². The molecule has 1 aromatic rings. The maximum Gasteiger partial charge on any atom is 0.269 e. The van der Waals surface area contributed by atoms with Gasteiger partial charge in [-0.1, -0.05) is 26.0 Å². The van der Waals surface area contributed by atoms with Crippen LogP contribution in [0.4, 0.5) is 5.69 Å². The molecule has 0 aromatic heterocycles. The molecule has 0 aliphatic rings. The molecule has 100 valence electrons. The first-order chi connectivity index (χ1) is 8.54. The number of hydrogen-bond donors (Lipinski definition) is 2. The summed E-state index contributed by atoms with van der Waals surface area (Å²) in [7, 11) is 0. The molecule has 1 rings (SSSR count). The number of non-ortho nitro benzene ring substituents is 1. The zero-order chi connectivity index (χ0) is 13.5. The van der Waals surface area contributed by atoms with Crippen LogP contribution >= 0.6 is 0 Å². The Kier molecular flexibility index (Phi) is 5.74. The SMILES string of the molecule is CC(C)C(CO)NCCc1ccc([N+](=O)[O-])cc1. The second kappa shape index (κ2) is 7.08. The van der Waals surface area contributed by atoms with Gasteiger partial charge in [0, 0.05) is 18.2 Å². The lowest BCUT2D eigenvalue weighted by Crippen LogP contribution is -2.38. The standard InChI is InChI=1S/C13H20N2O3/c1-10(2)13(9-16)14-8-7-11-3-5-12(6-4-11)15(17)18/h3-6,10,13-14,16H,7-9H2,1-2H3. The van der Waals surface area contributed by atoms with Crippen molar-refractivity contribution in [2.45, 2.75) is 26.3 Å². The van der Waals surface area contributed by atoms with Gasteiger partial charge in [0.25, 0.3) is 5.69 Å². The van der Waals surface area contributed by atoms with E-state index in [0.29, 0.717) is 5.92 Å². The number of nitrogens with one attached hydrogen (secondary N) is 1. The molecule has 1 aromatic carbocycles. The maximum absolute atomic E-state index is 10.5. The van der Waals surface area contributed by atoms with Gasteiger partial charge in [-0.3, -0.25) is 10.1 Å². The second-order valence-electron chi connectivity index (χ2n) is 4.66. The number of hydrogen-bond acceptors (Lipinski definition) is 4. The monoisotopic (exact) mass is 252 g/mol. The van der Waals surface area contributed by atoms with E-state index in [1.54, 1.807) is 12.1 Å². The van der Waals surface area contributed by atoms with Crippen molar-refractivity contribution in [1.82, 2.24) is 5.32 Å². The van der Waals surface area contributed by atoms with Crippen LogP contribution in [-0.4, -0.2) is 29.2 Å². The van der Waals surface area contributed by atoms with Gasteiger partial charge in [-0.15, -0.1) is 0 Å². The summed E-state index contributed by atoms with van der Waals surface area (Å²) in [6, 6.07) is 6.66. The van der Waals surface area contributed by atoms with Crippen molar-refractivity contribution in [3.8, 4) is 0 Å². The van der Waals surface area contributed by atoms with Gasteiger partial charge in [-0.2, -0.15) is 0 Å². The van der Waals surface area contributed by atoms with Gasteiger partial charge in [-0.05, 0) is 24.4 Å². The Bertz CT molecular complexity index is 376. The Balaban J connectivity index is 2.42. The number of benzene rings is 1. The second-order valence-corrected chi connectivity index (χ2v) is 4.66. The summed E-state index contributed by atoms with van der Waals surface area (Å²) in [5.41, 5.74) is 1.16. The molecule has 5 nitrogen and oxygen atoms in total. The minimum absolute atomic E-state index is 0.100. The van der Waals surface area contributed by atoms with Gasteiger partial charge < -0.3 is 10.4 Å². The van der Waals surface area contributed by atoms with Crippen LogP contribution in [0.15, 0.2) is 24.3 Å². The highest BCUT2D eigenvalue weighted by molar-refractivity contribution is 5.32. The molecular weight excluding hydrogens is 232 g/mol. The van der Waals surface area contributed by atoms with Crippen LogP contribution in [0.2, 0.25) is 0 Å². The molecule has 1 atom stereocenters. The molecular formula is C13H20N2O3. The number of rotatable bonds is 7. The fourth-order valence-electron chi connectivity index (χ4n) is 1.70. The Hall–Kier alpha value is -1.46. The molecule has 0 fully saturated rings. The van der Waals surface area contributed by atoms with Crippen LogP contribution in [0.25, 0.3) is 0 Å². The first-order valence-corrected chi connectivity index (χ1v) is 6.12. The van der Waals surface area contributed by atoms with Crippen LogP contribution < -0.4 is 5.32 Å². The van der Waals surface area contributed by atoms with Crippen LogP contribution in [0, 0.1) is 16.0 Å². The van der Waals surface area contributed by atoms with Crippen molar-refractivity contribution >= 4 is 5.69 Å². The van der Waals surface area contributed by atoms with Gasteiger partial charge in [0.2, 0.25) is 0 Å². The van der Waals surface area contributed by atoms with E-state index in [9.17, 15) is 10.1 Å². The average molecular weight is 252 g/mol. The minimum atomic E-state index is -0.400. The van der Waals surface area contributed by atoms with Crippen LogP contribution in [-0.2, 0) is 6.42 Å². The molecule has 0 radical (unpaired) electrons. The van der Waals surface area contributed by atoms with Gasteiger partial charge in [0.05, 0.1) is 11.5 Å². The van der Waals surface area contributed by atoms with E-state index >= 15 is 0 Å². The number of nitrogens with zero attached hydrogens (tertiary/aromatic N) is 1. The molecule has 18 heavy (non-hydrogen) atoms. The lowest BCUT2D eigenvalue weighted by molar-refractivity contribution is -0.384. The summed E-state index contributed by atoms with van der Waals surface area (Å²) in [6.07, 6.45) is 0.793. The number of nitro groups is 1. The zero-order valence-electron chi connectivity index (χ0n) is 10.8. The summed E-state index contributed by atoms with van der Waals surface area (Å²) in [4.78, 5) is 10.1. The third-order valence-corrected chi connectivity index (χ3v) is 2.97. The summed E-state index contributed by atoms with van der Waals surface area (Å²) in [5, 5.41) is 22.9. The van der Waals surface area contributed by atoms with E-state index in [2.05, 4.69) is 19.2 Å². The van der Waals surface area contributed by atoms with Crippen molar-refractivity contribution < 1.29 is 10.0 Å². The normalized spacial score (nSPS) is 12.7. The first kappa shape index (κ1) is 14.6. The van der Waals surface area contributed by atoms with Gasteiger partial charge in [0.1, 0.15) is 0 Å². The Morgan fingerprint density at radius 2 is 1.94 bits per heavy atom. The van der Waals surface area contributed by atoms with Crippen molar-refractivity contribution in [1.29, 1.82) is 0 Å². The molecule has 0 saturated carbocycles. The van der Waals surface area contributed by atoms with Crippen LogP contribution in [0.1, 0.15) is 19.4 Å². The lowest BCUT2D eigenvalue weighted by Gasteiger charge is -2.19. The lowest BCUT2D eigenvalue weighted by atomic mass is 10.0. The fourth-order valence-corrected chi connectivity index (χ4v) is 1.70. The van der Waals surface area contributed by atoms with E-state index in [4.69, 9.17) is 5.11 Å². The topological polar surface area (TPSA) is 75.4 Å². The molecule has 0 spiro atoms. The predicted octanol–water partition coefficient (Wildman–Crippen LogP) is 1.74. The Morgan fingerprint density at radius 3 is 2.39 bits per heavy atom. The summed E-state index contributed by atoms with van der Waals surface area (Å²) in [5.74, 6) is 0.381. The van der Waals surface area contributed by atoms with E-state index in [-0.39, 0.29) is 18.3 Å². The summed E-state index contributed by atoms with van der Waals surface area (Å²) < 4.78 is 0. The number of aliphatic hydroxyl groups excluding tert-OH is 1. The molecule has 0 bridgehead atoms. The predicted molar refractivity (Wildman–Crippen MR) is 70.5 cm³/mol. The molecule has 5 heteroatoms. The van der Waals surface area contributed by atoms with Crippen molar-refractivity contribution in [2.75, 3.05) is 13.2 Å². The van der Waals surface area contributed by atoms with Gasteiger partial charge in [0.15, 0.2) is 0 Å². The van der Waals surface area contributed by atoms with Crippen molar-refractivity contribution in [3.63, 3.8) is 0 Å². The molecule has 0 amide bonds. The van der Waals surface area contributed by atoms with Gasteiger partial charge in [-0.25, -0.2) is 0 Å². The largest absolute Gasteiger partial charge is 0.395 e. The first-order valence-electron chi connectivity index (χ1n) is 6.12. The summed E-state index contributed by atoms with van der Waals surface area (Å²) >= 11 is 0. The van der Waals surface area contributed by atoms with Crippen LogP contribution in [0.5, 0.6) is 0 Å². The van der Waals surface area contributed by atoms with Crippen molar-refractivity contribution in [3.05, 3.63) is 39.9 Å². The molecule has 0 aliphatic carbocycles. The third kappa shape index (κ3) is 4.43. The van der Waals surface area contributed by atoms with E-state index in [1.165, 1.54) is 12.1 Å².